The van der Waals surface area contributed by atoms with E-state index in [0.717, 1.165) is 10.8 Å². The van der Waals surface area contributed by atoms with E-state index in [2.05, 4.69) is 10.3 Å². The normalized spacial score (nSPS) is 17.7. The van der Waals surface area contributed by atoms with E-state index in [4.69, 9.17) is 4.74 Å². The van der Waals surface area contributed by atoms with Gasteiger partial charge in [-0.05, 0) is 11.5 Å². The van der Waals surface area contributed by atoms with Gasteiger partial charge in [-0.25, -0.2) is 0 Å². The maximum atomic E-state index is 12.7. The number of benzene rings is 1. The zero-order valence-corrected chi connectivity index (χ0v) is 15.9. The molecule has 0 bridgehead atoms. The first kappa shape index (κ1) is 18.3. The summed E-state index contributed by atoms with van der Waals surface area (Å²) in [5.74, 6) is -1.85. The van der Waals surface area contributed by atoms with Gasteiger partial charge in [0.15, 0.2) is 17.7 Å². The molecule has 5 rings (SSSR count). The molecule has 152 valence electrons. The van der Waals surface area contributed by atoms with E-state index in [1.807, 2.05) is 30.3 Å². The van der Waals surface area contributed by atoms with Gasteiger partial charge in [-0.2, -0.15) is 0 Å². The third kappa shape index (κ3) is 2.82. The first-order valence-electron chi connectivity index (χ1n) is 9.54. The minimum Gasteiger partial charge on any atom is -0.503 e. The first-order chi connectivity index (χ1) is 14.5. The van der Waals surface area contributed by atoms with Gasteiger partial charge >= 0.3 is 0 Å². The fourth-order valence-electron chi connectivity index (χ4n) is 3.97. The number of carbonyl (C=O) groups excluding carboxylic acids is 2. The predicted molar refractivity (Wildman–Crippen MR) is 106 cm³/mol. The molecule has 2 aliphatic rings. The van der Waals surface area contributed by atoms with Crippen LogP contribution in [0.2, 0.25) is 0 Å². The van der Waals surface area contributed by atoms with Crippen molar-refractivity contribution in [3.63, 3.8) is 0 Å². The van der Waals surface area contributed by atoms with Crippen molar-refractivity contribution in [1.29, 1.82) is 0 Å². The second-order valence-corrected chi connectivity index (χ2v) is 7.21. The molecule has 0 radical (unpaired) electrons. The van der Waals surface area contributed by atoms with Gasteiger partial charge in [0, 0.05) is 24.3 Å². The fourth-order valence-corrected chi connectivity index (χ4v) is 3.97. The van der Waals surface area contributed by atoms with E-state index < -0.39 is 29.2 Å². The fraction of sp³-hybridized carbons (Fsp3) is 0.238. The predicted octanol–water partition coefficient (Wildman–Crippen LogP) is 0.844. The van der Waals surface area contributed by atoms with Crippen LogP contribution in [-0.4, -0.2) is 50.8 Å². The summed E-state index contributed by atoms with van der Waals surface area (Å²) in [5, 5.41) is 14.9. The van der Waals surface area contributed by atoms with E-state index in [1.54, 1.807) is 6.20 Å². The van der Waals surface area contributed by atoms with Crippen LogP contribution in [0, 0.1) is 0 Å². The highest BCUT2D eigenvalue weighted by molar-refractivity contribution is 5.99. The summed E-state index contributed by atoms with van der Waals surface area (Å²) in [4.78, 5) is 43.7. The van der Waals surface area contributed by atoms with Crippen LogP contribution < -0.4 is 10.7 Å². The van der Waals surface area contributed by atoms with Crippen molar-refractivity contribution in [2.75, 3.05) is 13.2 Å². The Morgan fingerprint density at radius 3 is 2.97 bits per heavy atom. The first-order valence-corrected chi connectivity index (χ1v) is 9.54. The second kappa shape index (κ2) is 6.96. The average Bonchev–Trinajstić information content (AvgIpc) is 3.23. The van der Waals surface area contributed by atoms with E-state index in [1.165, 1.54) is 15.7 Å². The summed E-state index contributed by atoms with van der Waals surface area (Å²) in [5.41, 5.74) is -0.574. The average molecular weight is 406 g/mol. The topological polar surface area (TPSA) is 114 Å². The number of aromatic nitrogens is 2. The molecule has 30 heavy (non-hydrogen) atoms. The molecule has 2 aliphatic heterocycles. The Hall–Kier alpha value is -3.72. The lowest BCUT2D eigenvalue weighted by molar-refractivity contribution is 0.00845. The van der Waals surface area contributed by atoms with Crippen molar-refractivity contribution in [3.05, 3.63) is 69.9 Å². The summed E-state index contributed by atoms with van der Waals surface area (Å²) in [6.45, 7) is 1.14. The molecule has 2 amide bonds. The third-order valence-electron chi connectivity index (χ3n) is 5.48. The monoisotopic (exact) mass is 406 g/mol. The van der Waals surface area contributed by atoms with Gasteiger partial charge in [-0.1, -0.05) is 24.3 Å². The van der Waals surface area contributed by atoms with E-state index in [0.29, 0.717) is 18.8 Å². The van der Waals surface area contributed by atoms with Crippen LogP contribution in [0.25, 0.3) is 10.8 Å². The Labute approximate surface area is 170 Å². The summed E-state index contributed by atoms with van der Waals surface area (Å²) in [6.07, 6.45) is 2.49. The molecule has 1 atom stereocenters. The summed E-state index contributed by atoms with van der Waals surface area (Å²) in [7, 11) is 0. The molecule has 9 nitrogen and oxygen atoms in total. The SMILES string of the molecule is O=C(NCc1nccc2ccccc12)c1cn2c(c(O)c1=O)C(=O)N1CCOC1C2. The lowest BCUT2D eigenvalue weighted by atomic mass is 10.1. The van der Waals surface area contributed by atoms with Crippen LogP contribution in [0.3, 0.4) is 0 Å². The number of ether oxygens (including phenoxy) is 1. The lowest BCUT2D eigenvalue weighted by Gasteiger charge is -2.31. The Morgan fingerprint density at radius 1 is 1.27 bits per heavy atom. The van der Waals surface area contributed by atoms with Crippen LogP contribution in [0.1, 0.15) is 26.5 Å². The maximum Gasteiger partial charge on any atom is 0.276 e. The van der Waals surface area contributed by atoms with Gasteiger partial charge in [-0.3, -0.25) is 19.4 Å². The molecule has 0 aliphatic carbocycles. The smallest absolute Gasteiger partial charge is 0.276 e. The van der Waals surface area contributed by atoms with Gasteiger partial charge in [0.1, 0.15) is 5.56 Å². The summed E-state index contributed by atoms with van der Waals surface area (Å²) < 4.78 is 6.93. The molecule has 2 N–H and O–H groups in total. The molecule has 9 heteroatoms. The van der Waals surface area contributed by atoms with E-state index in [9.17, 15) is 19.5 Å². The van der Waals surface area contributed by atoms with Crippen molar-refractivity contribution in [2.45, 2.75) is 19.3 Å². The largest absolute Gasteiger partial charge is 0.503 e. The number of rotatable bonds is 3. The van der Waals surface area contributed by atoms with Crippen molar-refractivity contribution in [3.8, 4) is 5.75 Å². The summed E-state index contributed by atoms with van der Waals surface area (Å²) in [6, 6.07) is 9.52. The highest BCUT2D eigenvalue weighted by Gasteiger charge is 2.39. The molecule has 4 heterocycles. The van der Waals surface area contributed by atoms with Crippen molar-refractivity contribution in [1.82, 2.24) is 19.8 Å². The Bertz CT molecular complexity index is 1250. The Kier molecular flexibility index (Phi) is 4.25. The number of amides is 2. The quantitative estimate of drug-likeness (QED) is 0.667. The molecule has 1 fully saturated rings. The van der Waals surface area contributed by atoms with Crippen LogP contribution >= 0.6 is 0 Å². The van der Waals surface area contributed by atoms with Crippen LogP contribution in [-0.2, 0) is 17.8 Å². The van der Waals surface area contributed by atoms with Gasteiger partial charge < -0.3 is 24.6 Å². The molecular weight excluding hydrogens is 388 g/mol. The molecule has 1 aromatic carbocycles. The third-order valence-corrected chi connectivity index (χ3v) is 5.48. The molecule has 1 saturated heterocycles. The molecule has 1 unspecified atom stereocenters. The number of nitrogens with one attached hydrogen (secondary N) is 1. The number of fused-ring (bicyclic) bond motifs is 3. The van der Waals surface area contributed by atoms with Crippen molar-refractivity contribution >= 4 is 22.6 Å². The highest BCUT2D eigenvalue weighted by atomic mass is 16.5. The number of hydrogen-bond acceptors (Lipinski definition) is 6. The van der Waals surface area contributed by atoms with Gasteiger partial charge in [0.05, 0.1) is 25.4 Å². The minimum atomic E-state index is -0.878. The van der Waals surface area contributed by atoms with Crippen LogP contribution in [0.5, 0.6) is 5.75 Å². The molecular formula is C21H18N4O5. The van der Waals surface area contributed by atoms with Crippen molar-refractivity contribution in [2.24, 2.45) is 0 Å². The molecule has 2 aromatic heterocycles. The van der Waals surface area contributed by atoms with Gasteiger partial charge in [-0.15, -0.1) is 0 Å². The minimum absolute atomic E-state index is 0.112. The standard InChI is InChI=1S/C21H18N4O5/c26-18-14(10-24-11-16-25(7-8-30-16)21(29)17(24)19(18)27)20(28)23-9-15-13-4-2-1-3-12(13)5-6-22-15/h1-6,10,16,27H,7-9,11H2,(H,23,28). The van der Waals surface area contributed by atoms with Gasteiger partial charge in [0.25, 0.3) is 11.8 Å². The van der Waals surface area contributed by atoms with Crippen LogP contribution in [0.4, 0.5) is 0 Å². The highest BCUT2D eigenvalue weighted by Crippen LogP contribution is 2.26. The zero-order chi connectivity index (χ0) is 20.8. The molecule has 0 saturated carbocycles. The number of hydrogen-bond donors (Lipinski definition) is 2. The van der Waals surface area contributed by atoms with E-state index >= 15 is 0 Å². The van der Waals surface area contributed by atoms with Crippen molar-refractivity contribution < 1.29 is 19.4 Å². The Morgan fingerprint density at radius 2 is 2.10 bits per heavy atom. The zero-order valence-electron chi connectivity index (χ0n) is 15.9. The number of pyridine rings is 2. The second-order valence-electron chi connectivity index (χ2n) is 7.21. The maximum absolute atomic E-state index is 12.7. The number of aromatic hydroxyl groups is 1. The molecule has 0 spiro atoms. The van der Waals surface area contributed by atoms with Crippen LogP contribution in [0.15, 0.2) is 47.5 Å². The summed E-state index contributed by atoms with van der Waals surface area (Å²) >= 11 is 0. The number of carbonyl (C=O) groups is 2. The number of nitrogens with zero attached hydrogens (tertiary/aromatic N) is 3. The van der Waals surface area contributed by atoms with E-state index in [-0.39, 0.29) is 24.3 Å². The Balaban J connectivity index is 1.45. The lowest BCUT2D eigenvalue weighted by Crippen LogP contribution is -2.46. The van der Waals surface area contributed by atoms with Gasteiger partial charge in [0.2, 0.25) is 5.43 Å². The molecule has 3 aromatic rings.